The molecule has 1 heterocycles. The normalized spacial score (nSPS) is 14.0. The van der Waals surface area contributed by atoms with Gasteiger partial charge in [0.1, 0.15) is 5.70 Å². The average Bonchev–Trinajstić information content (AvgIpc) is 2.58. The second-order valence-corrected chi connectivity index (χ2v) is 6.83. The minimum absolute atomic E-state index is 0.120. The summed E-state index contributed by atoms with van der Waals surface area (Å²) in [6.07, 6.45) is 1.77. The van der Waals surface area contributed by atoms with Crippen molar-refractivity contribution in [2.75, 3.05) is 10.3 Å². The van der Waals surface area contributed by atoms with Crippen LogP contribution in [-0.4, -0.2) is 11.8 Å². The van der Waals surface area contributed by atoms with Crippen molar-refractivity contribution in [1.82, 2.24) is 5.43 Å². The fourth-order valence-electron chi connectivity index (χ4n) is 2.59. The summed E-state index contributed by atoms with van der Waals surface area (Å²) < 4.78 is 0.920. The van der Waals surface area contributed by atoms with Gasteiger partial charge in [0.25, 0.3) is 5.91 Å². The minimum atomic E-state index is -0.276. The van der Waals surface area contributed by atoms with E-state index in [1.165, 1.54) is 5.01 Å². The summed E-state index contributed by atoms with van der Waals surface area (Å²) in [5.74, 6) is -0.396. The third kappa shape index (κ3) is 3.91. The summed E-state index contributed by atoms with van der Waals surface area (Å²) in [7, 11) is 0. The number of anilines is 2. The number of hydrazine groups is 1. The molecule has 6 heteroatoms. The summed E-state index contributed by atoms with van der Waals surface area (Å²) in [6, 6.07) is 13.1. The average molecular weight is 400 g/mol. The van der Waals surface area contributed by atoms with Crippen LogP contribution in [0.1, 0.15) is 17.5 Å². The number of rotatable bonds is 3. The van der Waals surface area contributed by atoms with Crippen LogP contribution in [0.5, 0.6) is 0 Å². The number of hydrogen-bond acceptors (Lipinski definition) is 3. The zero-order chi connectivity index (χ0) is 18.0. The first-order valence-electron chi connectivity index (χ1n) is 7.88. The molecule has 2 N–H and O–H groups in total. The van der Waals surface area contributed by atoms with Gasteiger partial charge < -0.3 is 5.32 Å². The monoisotopic (exact) mass is 399 g/mol. The van der Waals surface area contributed by atoms with Gasteiger partial charge in [-0.15, -0.1) is 0 Å². The van der Waals surface area contributed by atoms with Crippen molar-refractivity contribution >= 4 is 39.1 Å². The number of nitrogens with zero attached hydrogens (tertiary/aromatic N) is 1. The third-order valence-corrected chi connectivity index (χ3v) is 4.45. The summed E-state index contributed by atoms with van der Waals surface area (Å²) >= 11 is 3.37. The Labute approximate surface area is 154 Å². The molecule has 128 valence electrons. The molecule has 1 aliphatic heterocycles. The van der Waals surface area contributed by atoms with E-state index >= 15 is 0 Å². The predicted molar refractivity (Wildman–Crippen MR) is 102 cm³/mol. The molecule has 2 aromatic rings. The first-order valence-corrected chi connectivity index (χ1v) is 8.67. The lowest BCUT2D eigenvalue weighted by atomic mass is 10.1. The second-order valence-electron chi connectivity index (χ2n) is 5.91. The van der Waals surface area contributed by atoms with Gasteiger partial charge >= 0.3 is 0 Å². The first-order chi connectivity index (χ1) is 11.9. The molecule has 0 unspecified atom stereocenters. The van der Waals surface area contributed by atoms with E-state index in [-0.39, 0.29) is 18.2 Å². The molecule has 0 bridgehead atoms. The molecule has 0 aliphatic carbocycles. The molecule has 0 saturated carbocycles. The van der Waals surface area contributed by atoms with Crippen LogP contribution in [0.4, 0.5) is 11.4 Å². The van der Waals surface area contributed by atoms with Gasteiger partial charge in [-0.05, 0) is 55.8 Å². The van der Waals surface area contributed by atoms with E-state index in [2.05, 4.69) is 26.7 Å². The van der Waals surface area contributed by atoms with E-state index in [4.69, 9.17) is 0 Å². The van der Waals surface area contributed by atoms with Crippen LogP contribution in [0.2, 0.25) is 0 Å². The summed E-state index contributed by atoms with van der Waals surface area (Å²) in [6.45, 7) is 3.95. The van der Waals surface area contributed by atoms with Crippen molar-refractivity contribution in [2.45, 2.75) is 20.3 Å². The van der Waals surface area contributed by atoms with E-state index < -0.39 is 0 Å². The van der Waals surface area contributed by atoms with Crippen molar-refractivity contribution in [3.8, 4) is 0 Å². The highest BCUT2D eigenvalue weighted by molar-refractivity contribution is 9.10. The van der Waals surface area contributed by atoms with Crippen LogP contribution < -0.4 is 15.8 Å². The van der Waals surface area contributed by atoms with E-state index in [1.54, 1.807) is 18.2 Å². The van der Waals surface area contributed by atoms with Gasteiger partial charge in [0.05, 0.1) is 5.69 Å². The zero-order valence-electron chi connectivity index (χ0n) is 14.0. The highest BCUT2D eigenvalue weighted by Gasteiger charge is 2.24. The number of carbonyl (C=O) groups is 2. The lowest BCUT2D eigenvalue weighted by Gasteiger charge is -2.28. The van der Waals surface area contributed by atoms with Crippen molar-refractivity contribution in [3.05, 3.63) is 69.8 Å². The molecule has 0 aromatic heterocycles. The van der Waals surface area contributed by atoms with Crippen molar-refractivity contribution in [3.63, 3.8) is 0 Å². The molecule has 0 spiro atoms. The minimum Gasteiger partial charge on any atom is -0.320 e. The van der Waals surface area contributed by atoms with E-state index in [0.29, 0.717) is 11.4 Å². The molecule has 1 aliphatic rings. The highest BCUT2D eigenvalue weighted by Crippen LogP contribution is 2.22. The fourth-order valence-corrected chi connectivity index (χ4v) is 2.86. The fraction of sp³-hybridized carbons (Fsp3) is 0.158. The maximum absolute atomic E-state index is 12.6. The SMILES string of the molecule is Cc1ccc(NC(=O)C2=CCC(=O)N(c3ccc(Br)cc3)N2)c(C)c1. The first kappa shape index (κ1) is 17.2. The van der Waals surface area contributed by atoms with E-state index in [9.17, 15) is 9.59 Å². The Kier molecular flexibility index (Phi) is 4.90. The third-order valence-electron chi connectivity index (χ3n) is 3.92. The maximum Gasteiger partial charge on any atom is 0.273 e. The lowest BCUT2D eigenvalue weighted by molar-refractivity contribution is -0.119. The number of amides is 2. The second kappa shape index (κ2) is 7.11. The Balaban J connectivity index is 1.77. The zero-order valence-corrected chi connectivity index (χ0v) is 15.6. The standard InChI is InChI=1S/C19H18BrN3O2/c1-12-3-8-16(13(2)11-12)21-19(25)17-9-10-18(24)23(22-17)15-6-4-14(20)5-7-15/h3-9,11,22H,10H2,1-2H3,(H,21,25). The smallest absolute Gasteiger partial charge is 0.273 e. The molecular formula is C19H18BrN3O2. The number of hydrogen-bond donors (Lipinski definition) is 2. The quantitative estimate of drug-likeness (QED) is 0.824. The van der Waals surface area contributed by atoms with Gasteiger partial charge in [-0.1, -0.05) is 33.6 Å². The van der Waals surface area contributed by atoms with Gasteiger partial charge in [0.15, 0.2) is 0 Å². The van der Waals surface area contributed by atoms with Crippen molar-refractivity contribution in [2.24, 2.45) is 0 Å². The number of benzene rings is 2. The molecule has 0 atom stereocenters. The summed E-state index contributed by atoms with van der Waals surface area (Å²) in [4.78, 5) is 24.7. The van der Waals surface area contributed by atoms with Crippen LogP contribution >= 0.6 is 15.9 Å². The van der Waals surface area contributed by atoms with E-state index in [0.717, 1.165) is 21.3 Å². The summed E-state index contributed by atoms with van der Waals surface area (Å²) in [5.41, 5.74) is 6.82. The number of halogens is 1. The topological polar surface area (TPSA) is 61.4 Å². The van der Waals surface area contributed by atoms with Gasteiger partial charge in [-0.2, -0.15) is 0 Å². The van der Waals surface area contributed by atoms with Gasteiger partial charge in [-0.25, -0.2) is 5.01 Å². The van der Waals surface area contributed by atoms with Gasteiger partial charge in [0, 0.05) is 16.6 Å². The largest absolute Gasteiger partial charge is 0.320 e. The van der Waals surface area contributed by atoms with E-state index in [1.807, 2.05) is 44.2 Å². The Morgan fingerprint density at radius 3 is 2.56 bits per heavy atom. The molecule has 0 radical (unpaired) electrons. The van der Waals surface area contributed by atoms with Crippen molar-refractivity contribution in [1.29, 1.82) is 0 Å². The van der Waals surface area contributed by atoms with Crippen LogP contribution in [0.15, 0.2) is 58.7 Å². The molecule has 2 aromatic carbocycles. The molecular weight excluding hydrogens is 382 g/mol. The number of aryl methyl sites for hydroxylation is 2. The Morgan fingerprint density at radius 2 is 1.88 bits per heavy atom. The molecule has 0 fully saturated rings. The maximum atomic E-state index is 12.6. The predicted octanol–water partition coefficient (Wildman–Crippen LogP) is 3.83. The van der Waals surface area contributed by atoms with Crippen LogP contribution in [0.3, 0.4) is 0 Å². The van der Waals surface area contributed by atoms with Crippen molar-refractivity contribution < 1.29 is 9.59 Å². The molecule has 25 heavy (non-hydrogen) atoms. The Bertz CT molecular complexity index is 859. The summed E-state index contributed by atoms with van der Waals surface area (Å²) in [5, 5.41) is 4.28. The molecule has 0 saturated heterocycles. The lowest BCUT2D eigenvalue weighted by Crippen LogP contribution is -2.47. The van der Waals surface area contributed by atoms with Crippen LogP contribution in [0, 0.1) is 13.8 Å². The number of carbonyl (C=O) groups excluding carboxylic acids is 2. The van der Waals surface area contributed by atoms with Gasteiger partial charge in [-0.3, -0.25) is 15.0 Å². The highest BCUT2D eigenvalue weighted by atomic mass is 79.9. The van der Waals surface area contributed by atoms with Gasteiger partial charge in [0.2, 0.25) is 5.91 Å². The number of nitrogens with one attached hydrogen (secondary N) is 2. The molecule has 3 rings (SSSR count). The molecule has 2 amide bonds. The Morgan fingerprint density at radius 1 is 1.16 bits per heavy atom. The Hall–Kier alpha value is -2.60. The molecule has 5 nitrogen and oxygen atoms in total. The van der Waals surface area contributed by atoms with Crippen LogP contribution in [-0.2, 0) is 9.59 Å². The van der Waals surface area contributed by atoms with Crippen LogP contribution in [0.25, 0.3) is 0 Å².